The van der Waals surface area contributed by atoms with Crippen LogP contribution in [0, 0.1) is 5.92 Å². The normalized spacial score (nSPS) is 24.4. The summed E-state index contributed by atoms with van der Waals surface area (Å²) in [4.78, 5) is 0. The number of rotatable bonds is 8. The van der Waals surface area contributed by atoms with Crippen LogP contribution in [0.4, 0.5) is 0 Å². The van der Waals surface area contributed by atoms with Gasteiger partial charge in [-0.25, -0.2) is 0 Å². The number of benzene rings is 1. The van der Waals surface area contributed by atoms with E-state index in [1.807, 2.05) is 6.07 Å². The lowest BCUT2D eigenvalue weighted by Gasteiger charge is -2.34. The number of aliphatic hydroxyl groups is 1. The highest BCUT2D eigenvalue weighted by Crippen LogP contribution is 2.42. The second kappa shape index (κ2) is 9.05. The van der Waals surface area contributed by atoms with Crippen LogP contribution in [0.25, 0.3) is 0 Å². The van der Waals surface area contributed by atoms with Gasteiger partial charge in [0, 0.05) is 0 Å². The van der Waals surface area contributed by atoms with Crippen LogP contribution in [0.1, 0.15) is 89.2 Å². The Morgan fingerprint density at radius 2 is 1.92 bits per heavy atom. The average molecular weight is 348 g/mol. The zero-order valence-electron chi connectivity index (χ0n) is 16.3. The minimum absolute atomic E-state index is 0.0725. The smallest absolute Gasteiger partial charge is 0.119 e. The summed E-state index contributed by atoms with van der Waals surface area (Å²) in [6.45, 7) is 7.38. The van der Waals surface area contributed by atoms with Gasteiger partial charge in [0.1, 0.15) is 5.75 Å². The molecule has 3 heteroatoms. The molecule has 1 aromatic carbocycles. The molecule has 1 aliphatic carbocycles. The van der Waals surface area contributed by atoms with Gasteiger partial charge >= 0.3 is 0 Å². The van der Waals surface area contributed by atoms with Crippen molar-refractivity contribution in [2.75, 3.05) is 6.54 Å². The standard InChI is InChI=1S/C22H37NO2/c1-4-5-6-7-12-22(2,3)17-9-11-19(21(25)13-17)20-14-18(24)10-8-16(20)15-23/h9,11,13,16,18,20,24-25H,4-8,10,12,14-15,23H2,1-3H3. The maximum atomic E-state index is 10.7. The van der Waals surface area contributed by atoms with Crippen molar-refractivity contribution in [2.45, 2.75) is 89.6 Å². The van der Waals surface area contributed by atoms with E-state index in [0.717, 1.165) is 24.8 Å². The Balaban J connectivity index is 2.13. The molecule has 3 unspecified atom stereocenters. The quantitative estimate of drug-likeness (QED) is 0.589. The topological polar surface area (TPSA) is 66.5 Å². The molecule has 0 amide bonds. The SMILES string of the molecule is CCCCCCC(C)(C)c1ccc(C2CC(O)CCC2CN)c(O)c1. The zero-order chi connectivity index (χ0) is 18.4. The summed E-state index contributed by atoms with van der Waals surface area (Å²) >= 11 is 0. The van der Waals surface area contributed by atoms with Gasteiger partial charge in [-0.3, -0.25) is 0 Å². The van der Waals surface area contributed by atoms with Gasteiger partial charge in [0.2, 0.25) is 0 Å². The van der Waals surface area contributed by atoms with Crippen molar-refractivity contribution < 1.29 is 10.2 Å². The number of aromatic hydroxyl groups is 1. The van der Waals surface area contributed by atoms with Gasteiger partial charge in [-0.1, -0.05) is 58.6 Å². The Labute approximate surface area is 153 Å². The summed E-state index contributed by atoms with van der Waals surface area (Å²) in [5.74, 6) is 0.884. The summed E-state index contributed by atoms with van der Waals surface area (Å²) in [6, 6.07) is 6.19. The molecular weight excluding hydrogens is 310 g/mol. The fourth-order valence-corrected chi connectivity index (χ4v) is 4.29. The third-order valence-electron chi connectivity index (χ3n) is 6.14. The Morgan fingerprint density at radius 1 is 1.16 bits per heavy atom. The monoisotopic (exact) mass is 347 g/mol. The molecule has 2 rings (SSSR count). The van der Waals surface area contributed by atoms with Crippen LogP contribution in [0.2, 0.25) is 0 Å². The van der Waals surface area contributed by atoms with Crippen molar-refractivity contribution in [1.82, 2.24) is 0 Å². The molecule has 0 aliphatic heterocycles. The van der Waals surface area contributed by atoms with Gasteiger partial charge in [0.05, 0.1) is 6.10 Å². The molecule has 0 bridgehead atoms. The highest BCUT2D eigenvalue weighted by molar-refractivity contribution is 5.42. The number of phenolic OH excluding ortho intramolecular Hbond substituents is 1. The van der Waals surface area contributed by atoms with Crippen LogP contribution in [0.15, 0.2) is 18.2 Å². The summed E-state index contributed by atoms with van der Waals surface area (Å²) in [5.41, 5.74) is 8.17. The van der Waals surface area contributed by atoms with Gasteiger partial charge in [0.15, 0.2) is 0 Å². The van der Waals surface area contributed by atoms with Crippen molar-refractivity contribution in [1.29, 1.82) is 0 Å². The highest BCUT2D eigenvalue weighted by atomic mass is 16.3. The summed E-state index contributed by atoms with van der Waals surface area (Å²) in [5, 5.41) is 20.7. The first-order valence-electron chi connectivity index (χ1n) is 10.1. The molecule has 0 aromatic heterocycles. The van der Waals surface area contributed by atoms with E-state index in [9.17, 15) is 10.2 Å². The zero-order valence-corrected chi connectivity index (χ0v) is 16.3. The second-order valence-corrected chi connectivity index (χ2v) is 8.54. The van der Waals surface area contributed by atoms with E-state index in [4.69, 9.17) is 5.73 Å². The summed E-state index contributed by atoms with van der Waals surface area (Å²) < 4.78 is 0. The third kappa shape index (κ3) is 5.21. The second-order valence-electron chi connectivity index (χ2n) is 8.54. The molecule has 1 saturated carbocycles. The Kier molecular flexibility index (Phi) is 7.33. The molecule has 4 N–H and O–H groups in total. The predicted molar refractivity (Wildman–Crippen MR) is 105 cm³/mol. The van der Waals surface area contributed by atoms with Crippen LogP contribution in [-0.2, 0) is 5.41 Å². The molecule has 0 spiro atoms. The first-order valence-corrected chi connectivity index (χ1v) is 10.1. The number of nitrogens with two attached hydrogens (primary N) is 1. The average Bonchev–Trinajstić information content (AvgIpc) is 2.58. The number of aliphatic hydroxyl groups excluding tert-OH is 1. The van der Waals surface area contributed by atoms with Crippen LogP contribution >= 0.6 is 0 Å². The molecule has 0 radical (unpaired) electrons. The van der Waals surface area contributed by atoms with Crippen molar-refractivity contribution in [3.63, 3.8) is 0 Å². The minimum atomic E-state index is -0.276. The maximum Gasteiger partial charge on any atom is 0.119 e. The van der Waals surface area contributed by atoms with E-state index >= 15 is 0 Å². The van der Waals surface area contributed by atoms with Crippen LogP contribution in [0.5, 0.6) is 5.75 Å². The lowest BCUT2D eigenvalue weighted by molar-refractivity contribution is 0.0950. The van der Waals surface area contributed by atoms with Gasteiger partial charge in [-0.05, 0) is 66.7 Å². The van der Waals surface area contributed by atoms with Crippen LogP contribution < -0.4 is 5.73 Å². The molecule has 3 atom stereocenters. The molecule has 25 heavy (non-hydrogen) atoms. The van der Waals surface area contributed by atoms with Crippen molar-refractivity contribution in [3.05, 3.63) is 29.3 Å². The largest absolute Gasteiger partial charge is 0.508 e. The van der Waals surface area contributed by atoms with Crippen molar-refractivity contribution >= 4 is 0 Å². The molecule has 3 nitrogen and oxygen atoms in total. The van der Waals surface area contributed by atoms with Crippen molar-refractivity contribution in [3.8, 4) is 5.75 Å². The van der Waals surface area contributed by atoms with E-state index in [0.29, 0.717) is 24.6 Å². The number of hydrogen-bond acceptors (Lipinski definition) is 3. The predicted octanol–water partition coefficient (Wildman–Crippen LogP) is 4.84. The fourth-order valence-electron chi connectivity index (χ4n) is 4.29. The first kappa shape index (κ1) is 20.3. The van der Waals surface area contributed by atoms with E-state index in [1.54, 1.807) is 0 Å². The Morgan fingerprint density at radius 3 is 2.56 bits per heavy atom. The first-order chi connectivity index (χ1) is 11.9. The van der Waals surface area contributed by atoms with E-state index in [1.165, 1.54) is 31.2 Å². The molecule has 0 saturated heterocycles. The van der Waals surface area contributed by atoms with Gasteiger partial charge in [-0.2, -0.15) is 0 Å². The third-order valence-corrected chi connectivity index (χ3v) is 6.14. The molecular formula is C22H37NO2. The van der Waals surface area contributed by atoms with Gasteiger partial charge in [0.25, 0.3) is 0 Å². The molecule has 142 valence electrons. The highest BCUT2D eigenvalue weighted by Gasteiger charge is 2.32. The van der Waals surface area contributed by atoms with Crippen LogP contribution in [0.3, 0.4) is 0 Å². The molecule has 1 aliphatic rings. The lowest BCUT2D eigenvalue weighted by Crippen LogP contribution is -2.31. The molecule has 1 fully saturated rings. The molecule has 1 aromatic rings. The maximum absolute atomic E-state index is 10.7. The van der Waals surface area contributed by atoms with Crippen LogP contribution in [-0.4, -0.2) is 22.9 Å². The lowest BCUT2D eigenvalue weighted by atomic mass is 9.73. The number of unbranched alkanes of at least 4 members (excludes halogenated alkanes) is 3. The van der Waals surface area contributed by atoms with Crippen molar-refractivity contribution in [2.24, 2.45) is 11.7 Å². The van der Waals surface area contributed by atoms with E-state index in [-0.39, 0.29) is 17.4 Å². The minimum Gasteiger partial charge on any atom is -0.508 e. The van der Waals surface area contributed by atoms with Gasteiger partial charge in [-0.15, -0.1) is 0 Å². The fraction of sp³-hybridized carbons (Fsp3) is 0.727. The molecule has 0 heterocycles. The summed E-state index contributed by atoms with van der Waals surface area (Å²) in [6.07, 6.45) is 8.39. The van der Waals surface area contributed by atoms with E-state index in [2.05, 4.69) is 32.9 Å². The van der Waals surface area contributed by atoms with Gasteiger partial charge < -0.3 is 15.9 Å². The number of hydrogen-bond donors (Lipinski definition) is 3. The summed E-state index contributed by atoms with van der Waals surface area (Å²) in [7, 11) is 0. The Bertz CT molecular complexity index is 541. The number of phenols is 1. The Hall–Kier alpha value is -1.06. The van der Waals surface area contributed by atoms with E-state index < -0.39 is 0 Å².